The quantitative estimate of drug-likeness (QED) is 0.832. The smallest absolute Gasteiger partial charge is 0.167 e. The SMILES string of the molecule is COc1cc(Oc2ccccc2CO)c(N)cc1F. The predicted molar refractivity (Wildman–Crippen MR) is 69.8 cm³/mol. The van der Waals surface area contributed by atoms with Crippen molar-refractivity contribution in [1.29, 1.82) is 0 Å². The molecule has 0 heterocycles. The van der Waals surface area contributed by atoms with Crippen LogP contribution in [0.5, 0.6) is 17.2 Å². The fourth-order valence-corrected chi connectivity index (χ4v) is 1.65. The number of halogens is 1. The van der Waals surface area contributed by atoms with E-state index < -0.39 is 5.82 Å². The van der Waals surface area contributed by atoms with Crippen molar-refractivity contribution >= 4 is 5.69 Å². The molecule has 100 valence electrons. The van der Waals surface area contributed by atoms with Crippen LogP contribution in [-0.4, -0.2) is 12.2 Å². The third-order valence-corrected chi connectivity index (χ3v) is 2.65. The van der Waals surface area contributed by atoms with E-state index in [-0.39, 0.29) is 23.8 Å². The fourth-order valence-electron chi connectivity index (χ4n) is 1.65. The number of anilines is 1. The molecule has 0 aromatic heterocycles. The van der Waals surface area contributed by atoms with Crippen LogP contribution < -0.4 is 15.2 Å². The monoisotopic (exact) mass is 263 g/mol. The molecule has 2 aromatic rings. The zero-order valence-electron chi connectivity index (χ0n) is 10.4. The lowest BCUT2D eigenvalue weighted by molar-refractivity contribution is 0.276. The van der Waals surface area contributed by atoms with E-state index in [1.165, 1.54) is 13.2 Å². The first kappa shape index (κ1) is 13.2. The molecule has 0 unspecified atom stereocenters. The van der Waals surface area contributed by atoms with Crippen LogP contribution in [0.2, 0.25) is 0 Å². The lowest BCUT2D eigenvalue weighted by Crippen LogP contribution is -1.98. The molecule has 0 aliphatic carbocycles. The van der Waals surface area contributed by atoms with E-state index in [1.54, 1.807) is 24.3 Å². The van der Waals surface area contributed by atoms with Gasteiger partial charge in [0.25, 0.3) is 0 Å². The van der Waals surface area contributed by atoms with Crippen molar-refractivity contribution in [2.24, 2.45) is 0 Å². The topological polar surface area (TPSA) is 64.7 Å². The van der Waals surface area contributed by atoms with Gasteiger partial charge in [0, 0.05) is 17.7 Å². The van der Waals surface area contributed by atoms with E-state index in [0.717, 1.165) is 6.07 Å². The van der Waals surface area contributed by atoms with Crippen molar-refractivity contribution in [3.63, 3.8) is 0 Å². The van der Waals surface area contributed by atoms with Gasteiger partial charge < -0.3 is 20.3 Å². The highest BCUT2D eigenvalue weighted by Gasteiger charge is 2.11. The molecule has 0 spiro atoms. The van der Waals surface area contributed by atoms with Crippen LogP contribution in [0.25, 0.3) is 0 Å². The molecule has 0 fully saturated rings. The number of aliphatic hydroxyl groups is 1. The number of ether oxygens (including phenoxy) is 2. The summed E-state index contributed by atoms with van der Waals surface area (Å²) >= 11 is 0. The van der Waals surface area contributed by atoms with Crippen molar-refractivity contribution < 1.29 is 19.0 Å². The van der Waals surface area contributed by atoms with Crippen molar-refractivity contribution in [2.45, 2.75) is 6.61 Å². The Balaban J connectivity index is 2.38. The number of hydrogen-bond donors (Lipinski definition) is 2. The number of nitrogens with two attached hydrogens (primary N) is 1. The Morgan fingerprint density at radius 2 is 1.89 bits per heavy atom. The Morgan fingerprint density at radius 1 is 1.16 bits per heavy atom. The number of rotatable bonds is 4. The molecule has 2 aromatic carbocycles. The summed E-state index contributed by atoms with van der Waals surface area (Å²) in [5, 5.41) is 9.21. The molecule has 0 atom stereocenters. The van der Waals surface area contributed by atoms with E-state index in [2.05, 4.69) is 0 Å². The number of methoxy groups -OCH3 is 1. The van der Waals surface area contributed by atoms with E-state index in [4.69, 9.17) is 15.2 Å². The molecule has 0 amide bonds. The van der Waals surface area contributed by atoms with E-state index in [1.807, 2.05) is 0 Å². The molecule has 0 saturated carbocycles. The summed E-state index contributed by atoms with van der Waals surface area (Å²) in [6, 6.07) is 9.49. The largest absolute Gasteiger partial charge is 0.494 e. The van der Waals surface area contributed by atoms with Gasteiger partial charge in [-0.1, -0.05) is 18.2 Å². The summed E-state index contributed by atoms with van der Waals surface area (Å²) in [7, 11) is 1.36. The summed E-state index contributed by atoms with van der Waals surface area (Å²) in [4.78, 5) is 0. The summed E-state index contributed by atoms with van der Waals surface area (Å²) in [5.41, 5.74) is 6.48. The average molecular weight is 263 g/mol. The summed E-state index contributed by atoms with van der Waals surface area (Å²) in [6.45, 7) is -0.158. The van der Waals surface area contributed by atoms with Gasteiger partial charge in [0.2, 0.25) is 0 Å². The lowest BCUT2D eigenvalue weighted by Gasteiger charge is -2.13. The highest BCUT2D eigenvalue weighted by Crippen LogP contribution is 2.34. The van der Waals surface area contributed by atoms with Gasteiger partial charge in [0.15, 0.2) is 17.3 Å². The Bertz CT molecular complexity index is 587. The molecule has 19 heavy (non-hydrogen) atoms. The molecular weight excluding hydrogens is 249 g/mol. The minimum Gasteiger partial charge on any atom is -0.494 e. The lowest BCUT2D eigenvalue weighted by atomic mass is 10.2. The zero-order valence-corrected chi connectivity index (χ0v) is 10.4. The van der Waals surface area contributed by atoms with E-state index in [9.17, 15) is 9.50 Å². The Hall–Kier alpha value is -2.27. The van der Waals surface area contributed by atoms with Gasteiger partial charge in [-0.25, -0.2) is 4.39 Å². The molecular formula is C14H14FNO3. The number of benzene rings is 2. The molecule has 0 radical (unpaired) electrons. The highest BCUT2D eigenvalue weighted by molar-refractivity contribution is 5.58. The second kappa shape index (κ2) is 5.58. The van der Waals surface area contributed by atoms with Gasteiger partial charge in [0.1, 0.15) is 5.75 Å². The summed E-state index contributed by atoms with van der Waals surface area (Å²) < 4.78 is 23.9. The third kappa shape index (κ3) is 2.77. The second-order valence-corrected chi connectivity index (χ2v) is 3.89. The standard InChI is InChI=1S/C14H14FNO3/c1-18-13-7-14(11(16)6-10(13)15)19-12-5-3-2-4-9(12)8-17/h2-7,17H,8,16H2,1H3. The normalized spacial score (nSPS) is 10.3. The van der Waals surface area contributed by atoms with Crippen LogP contribution in [0.1, 0.15) is 5.56 Å². The van der Waals surface area contributed by atoms with Gasteiger partial charge in [0.05, 0.1) is 19.4 Å². The molecule has 4 nitrogen and oxygen atoms in total. The maximum Gasteiger partial charge on any atom is 0.167 e. The number of para-hydroxylation sites is 1. The highest BCUT2D eigenvalue weighted by atomic mass is 19.1. The molecule has 0 bridgehead atoms. The minimum atomic E-state index is -0.553. The molecule has 2 rings (SSSR count). The minimum absolute atomic E-state index is 0.0469. The van der Waals surface area contributed by atoms with Crippen LogP contribution in [0, 0.1) is 5.82 Å². The van der Waals surface area contributed by atoms with Gasteiger partial charge in [-0.05, 0) is 6.07 Å². The van der Waals surface area contributed by atoms with Gasteiger partial charge in [-0.2, -0.15) is 0 Å². The number of aliphatic hydroxyl groups excluding tert-OH is 1. The summed E-state index contributed by atoms with van der Waals surface area (Å²) in [6.07, 6.45) is 0. The van der Waals surface area contributed by atoms with Crippen molar-refractivity contribution in [3.05, 3.63) is 47.8 Å². The van der Waals surface area contributed by atoms with Gasteiger partial charge in [-0.3, -0.25) is 0 Å². The Kier molecular flexibility index (Phi) is 3.87. The van der Waals surface area contributed by atoms with Gasteiger partial charge in [-0.15, -0.1) is 0 Å². The first-order valence-corrected chi connectivity index (χ1v) is 5.65. The second-order valence-electron chi connectivity index (χ2n) is 3.89. The van der Waals surface area contributed by atoms with E-state index in [0.29, 0.717) is 11.3 Å². The first-order chi connectivity index (χ1) is 9.15. The van der Waals surface area contributed by atoms with Crippen LogP contribution >= 0.6 is 0 Å². The number of nitrogen functional groups attached to an aromatic ring is 1. The van der Waals surface area contributed by atoms with Crippen LogP contribution in [0.15, 0.2) is 36.4 Å². The maximum absolute atomic E-state index is 13.4. The fraction of sp³-hybridized carbons (Fsp3) is 0.143. The maximum atomic E-state index is 13.4. The van der Waals surface area contributed by atoms with Crippen LogP contribution in [-0.2, 0) is 6.61 Å². The zero-order chi connectivity index (χ0) is 13.8. The average Bonchev–Trinajstić information content (AvgIpc) is 2.42. The molecule has 0 aliphatic rings. The molecule has 0 saturated heterocycles. The van der Waals surface area contributed by atoms with Crippen molar-refractivity contribution in [3.8, 4) is 17.2 Å². The Morgan fingerprint density at radius 3 is 2.58 bits per heavy atom. The number of hydrogen-bond acceptors (Lipinski definition) is 4. The first-order valence-electron chi connectivity index (χ1n) is 5.65. The van der Waals surface area contributed by atoms with Crippen molar-refractivity contribution in [2.75, 3.05) is 12.8 Å². The third-order valence-electron chi connectivity index (χ3n) is 2.65. The van der Waals surface area contributed by atoms with Gasteiger partial charge >= 0.3 is 0 Å². The Labute approximate surface area is 110 Å². The molecule has 0 aliphatic heterocycles. The van der Waals surface area contributed by atoms with Crippen LogP contribution in [0.3, 0.4) is 0 Å². The predicted octanol–water partition coefficient (Wildman–Crippen LogP) is 2.70. The van der Waals surface area contributed by atoms with E-state index >= 15 is 0 Å². The molecule has 3 N–H and O–H groups in total. The molecule has 5 heteroatoms. The van der Waals surface area contributed by atoms with Crippen LogP contribution in [0.4, 0.5) is 10.1 Å². The summed E-state index contributed by atoms with van der Waals surface area (Å²) in [5.74, 6) is 0.234. The van der Waals surface area contributed by atoms with Crippen molar-refractivity contribution in [1.82, 2.24) is 0 Å².